The zero-order valence-corrected chi connectivity index (χ0v) is 18.0. The number of fused-ring (bicyclic) bond motifs is 2. The first kappa shape index (κ1) is 23.7. The molecule has 0 radical (unpaired) electrons. The SMILES string of the molecule is NC(CC=O)(C(=O)O)C1c2ccccc2N(C(=O)c2ccc(OC(F)(F)F)cc2)C2CCCC21. The van der Waals surface area contributed by atoms with Crippen LogP contribution in [-0.4, -0.2) is 41.2 Å². The van der Waals surface area contributed by atoms with Crippen LogP contribution < -0.4 is 15.4 Å². The Morgan fingerprint density at radius 2 is 1.79 bits per heavy atom. The first-order chi connectivity index (χ1) is 16.1. The number of alkyl halides is 3. The maximum atomic E-state index is 13.6. The summed E-state index contributed by atoms with van der Waals surface area (Å²) in [5.74, 6) is -3.14. The van der Waals surface area contributed by atoms with Gasteiger partial charge in [0.25, 0.3) is 5.91 Å². The Bertz CT molecular complexity index is 1100. The minimum atomic E-state index is -4.84. The quantitative estimate of drug-likeness (QED) is 0.613. The number of aldehydes is 1. The van der Waals surface area contributed by atoms with Crippen LogP contribution >= 0.6 is 0 Å². The molecule has 1 fully saturated rings. The van der Waals surface area contributed by atoms with Gasteiger partial charge in [-0.2, -0.15) is 0 Å². The summed E-state index contributed by atoms with van der Waals surface area (Å²) < 4.78 is 41.3. The van der Waals surface area contributed by atoms with Crippen molar-refractivity contribution in [1.29, 1.82) is 0 Å². The van der Waals surface area contributed by atoms with E-state index in [-0.39, 0.29) is 23.9 Å². The Hall–Kier alpha value is -3.40. The predicted octanol–water partition coefficient (Wildman–Crippen LogP) is 3.87. The van der Waals surface area contributed by atoms with Gasteiger partial charge in [0.1, 0.15) is 17.6 Å². The van der Waals surface area contributed by atoms with Crippen LogP contribution in [0.3, 0.4) is 0 Å². The first-order valence-electron chi connectivity index (χ1n) is 10.8. The third kappa shape index (κ3) is 4.13. The molecule has 7 nitrogen and oxygen atoms in total. The smallest absolute Gasteiger partial charge is 0.480 e. The fourth-order valence-electron chi connectivity index (χ4n) is 5.40. The first-order valence-corrected chi connectivity index (χ1v) is 10.8. The normalized spacial score (nSPS) is 23.4. The van der Waals surface area contributed by atoms with Gasteiger partial charge < -0.3 is 25.3 Å². The molecule has 0 saturated heterocycles. The molecule has 3 N–H and O–H groups in total. The molecule has 1 aliphatic heterocycles. The standard InChI is InChI=1S/C24H23F3N2O5/c25-24(26,27)34-15-10-8-14(9-11-15)21(31)29-18-6-2-1-4-16(18)20(17-5-3-7-19(17)29)23(28,12-13-30)22(32)33/h1-2,4,6,8-11,13,17,19-20H,3,5,7,12,28H2,(H,32,33). The van der Waals surface area contributed by atoms with Crippen LogP contribution in [0.25, 0.3) is 0 Å². The van der Waals surface area contributed by atoms with Crippen molar-refractivity contribution in [2.24, 2.45) is 11.7 Å². The Morgan fingerprint density at radius 3 is 2.41 bits per heavy atom. The summed E-state index contributed by atoms with van der Waals surface area (Å²) in [7, 11) is 0. The van der Waals surface area contributed by atoms with E-state index >= 15 is 0 Å². The summed E-state index contributed by atoms with van der Waals surface area (Å²) in [5, 5.41) is 9.96. The molecule has 2 aromatic carbocycles. The average Bonchev–Trinajstić information content (AvgIpc) is 3.25. The Labute approximate surface area is 193 Å². The van der Waals surface area contributed by atoms with E-state index in [1.165, 1.54) is 12.1 Å². The summed E-state index contributed by atoms with van der Waals surface area (Å²) in [6.07, 6.45) is -2.76. The molecule has 1 heterocycles. The van der Waals surface area contributed by atoms with Crippen LogP contribution in [0, 0.1) is 5.92 Å². The second-order valence-corrected chi connectivity index (χ2v) is 8.66. The van der Waals surface area contributed by atoms with Crippen molar-refractivity contribution in [3.8, 4) is 5.75 Å². The predicted molar refractivity (Wildman–Crippen MR) is 115 cm³/mol. The highest BCUT2D eigenvalue weighted by molar-refractivity contribution is 6.07. The number of carbonyl (C=O) groups excluding carboxylic acids is 2. The Balaban J connectivity index is 1.76. The minimum absolute atomic E-state index is 0.165. The molecule has 2 aromatic rings. The van der Waals surface area contributed by atoms with Crippen molar-refractivity contribution < 1.29 is 37.4 Å². The van der Waals surface area contributed by atoms with Gasteiger partial charge in [-0.3, -0.25) is 9.59 Å². The highest BCUT2D eigenvalue weighted by Crippen LogP contribution is 2.53. The molecule has 2 aliphatic rings. The molecular formula is C24H23F3N2O5. The average molecular weight is 476 g/mol. The molecule has 0 bridgehead atoms. The summed E-state index contributed by atoms with van der Waals surface area (Å²) in [6.45, 7) is 0. The summed E-state index contributed by atoms with van der Waals surface area (Å²) in [4.78, 5) is 38.7. The number of ether oxygens (including phenoxy) is 1. The second-order valence-electron chi connectivity index (χ2n) is 8.66. The zero-order chi connectivity index (χ0) is 24.7. The van der Waals surface area contributed by atoms with Crippen LogP contribution in [0.1, 0.15) is 47.5 Å². The maximum Gasteiger partial charge on any atom is 0.573 e. The van der Waals surface area contributed by atoms with Crippen molar-refractivity contribution >= 4 is 23.9 Å². The molecule has 4 unspecified atom stereocenters. The number of carboxylic acids is 1. The summed E-state index contributed by atoms with van der Waals surface area (Å²) in [6, 6.07) is 11.1. The Morgan fingerprint density at radius 1 is 1.12 bits per heavy atom. The minimum Gasteiger partial charge on any atom is -0.480 e. The fraction of sp³-hybridized carbons (Fsp3) is 0.375. The van der Waals surface area contributed by atoms with Gasteiger partial charge in [0.15, 0.2) is 0 Å². The lowest BCUT2D eigenvalue weighted by Crippen LogP contribution is -2.60. The van der Waals surface area contributed by atoms with E-state index in [0.29, 0.717) is 30.4 Å². The number of rotatable bonds is 6. The van der Waals surface area contributed by atoms with Gasteiger partial charge in [0, 0.05) is 29.6 Å². The largest absolute Gasteiger partial charge is 0.573 e. The number of nitrogens with two attached hydrogens (primary N) is 1. The number of anilines is 1. The van der Waals surface area contributed by atoms with Crippen molar-refractivity contribution in [1.82, 2.24) is 0 Å². The van der Waals surface area contributed by atoms with Crippen LogP contribution in [0.4, 0.5) is 18.9 Å². The number of hydrogen-bond donors (Lipinski definition) is 2. The van der Waals surface area contributed by atoms with Gasteiger partial charge in [-0.15, -0.1) is 13.2 Å². The number of nitrogens with zero attached hydrogens (tertiary/aromatic N) is 1. The van der Waals surface area contributed by atoms with Crippen LogP contribution in [0.2, 0.25) is 0 Å². The van der Waals surface area contributed by atoms with E-state index in [2.05, 4.69) is 4.74 Å². The highest BCUT2D eigenvalue weighted by atomic mass is 19.4. The molecular weight excluding hydrogens is 453 g/mol. The molecule has 1 amide bonds. The lowest BCUT2D eigenvalue weighted by atomic mass is 9.66. The van der Waals surface area contributed by atoms with E-state index in [1.807, 2.05) is 0 Å². The molecule has 4 atom stereocenters. The van der Waals surface area contributed by atoms with E-state index in [0.717, 1.165) is 18.6 Å². The number of benzene rings is 2. The van der Waals surface area contributed by atoms with Crippen LogP contribution in [-0.2, 0) is 9.59 Å². The third-order valence-corrected chi connectivity index (χ3v) is 6.75. The zero-order valence-electron chi connectivity index (χ0n) is 18.0. The second kappa shape index (κ2) is 8.75. The molecule has 4 rings (SSSR count). The molecule has 0 aromatic heterocycles. The fourth-order valence-corrected chi connectivity index (χ4v) is 5.40. The van der Waals surface area contributed by atoms with Crippen molar-refractivity contribution in [3.05, 3.63) is 59.7 Å². The number of hydrogen-bond acceptors (Lipinski definition) is 5. The monoisotopic (exact) mass is 476 g/mol. The van der Waals surface area contributed by atoms with E-state index in [9.17, 15) is 32.7 Å². The number of carbonyl (C=O) groups is 3. The van der Waals surface area contributed by atoms with Crippen LogP contribution in [0.15, 0.2) is 48.5 Å². The summed E-state index contributed by atoms with van der Waals surface area (Å²) in [5.41, 5.74) is 5.73. The van der Waals surface area contributed by atoms with Crippen molar-refractivity contribution in [3.63, 3.8) is 0 Å². The van der Waals surface area contributed by atoms with Gasteiger partial charge in [-0.25, -0.2) is 0 Å². The van der Waals surface area contributed by atoms with Gasteiger partial charge in [0.2, 0.25) is 0 Å². The van der Waals surface area contributed by atoms with Gasteiger partial charge in [0.05, 0.1) is 0 Å². The van der Waals surface area contributed by atoms with Gasteiger partial charge in [-0.05, 0) is 54.7 Å². The lowest BCUT2D eigenvalue weighted by Gasteiger charge is -2.48. The van der Waals surface area contributed by atoms with E-state index < -0.39 is 35.4 Å². The number of para-hydroxylation sites is 1. The van der Waals surface area contributed by atoms with E-state index in [4.69, 9.17) is 5.73 Å². The summed E-state index contributed by atoms with van der Waals surface area (Å²) >= 11 is 0. The van der Waals surface area contributed by atoms with Gasteiger partial charge >= 0.3 is 12.3 Å². The molecule has 180 valence electrons. The Kier molecular flexibility index (Phi) is 6.11. The molecule has 34 heavy (non-hydrogen) atoms. The number of amides is 1. The molecule has 1 saturated carbocycles. The number of aliphatic carboxylic acids is 1. The van der Waals surface area contributed by atoms with E-state index in [1.54, 1.807) is 29.2 Å². The molecule has 0 spiro atoms. The highest BCUT2D eigenvalue weighted by Gasteiger charge is 2.55. The van der Waals surface area contributed by atoms with Crippen LogP contribution in [0.5, 0.6) is 5.75 Å². The molecule has 1 aliphatic carbocycles. The maximum absolute atomic E-state index is 13.6. The third-order valence-electron chi connectivity index (χ3n) is 6.75. The lowest BCUT2D eigenvalue weighted by molar-refractivity contribution is -0.274. The molecule has 10 heteroatoms. The number of carboxylic acid groups (broad SMARTS) is 1. The topological polar surface area (TPSA) is 110 Å². The van der Waals surface area contributed by atoms with Crippen molar-refractivity contribution in [2.45, 2.75) is 49.5 Å². The van der Waals surface area contributed by atoms with Crippen molar-refractivity contribution in [2.75, 3.05) is 4.90 Å². The number of halogens is 3. The van der Waals surface area contributed by atoms with Gasteiger partial charge in [-0.1, -0.05) is 24.6 Å².